The number of nitrogen functional groups attached to an aromatic ring is 1. The van der Waals surface area contributed by atoms with Gasteiger partial charge in [0.25, 0.3) is 10.0 Å². The summed E-state index contributed by atoms with van der Waals surface area (Å²) in [5.41, 5.74) is 6.13. The zero-order valence-corrected chi connectivity index (χ0v) is 11.7. The van der Waals surface area contributed by atoms with Crippen molar-refractivity contribution in [3.8, 4) is 5.75 Å². The molecule has 0 saturated carbocycles. The average molecular weight is 300 g/mol. The number of aromatic nitrogens is 2. The van der Waals surface area contributed by atoms with Crippen LogP contribution in [0.5, 0.6) is 5.75 Å². The molecule has 102 valence electrons. The smallest absolute Gasteiger partial charge is 0.270 e. The average Bonchev–Trinajstić information content (AvgIpc) is 2.84. The molecule has 9 heteroatoms. The van der Waals surface area contributed by atoms with Crippen LogP contribution in [0.4, 0.5) is 5.13 Å². The predicted octanol–water partition coefficient (Wildman–Crippen LogP) is 0.607. The lowest BCUT2D eigenvalue weighted by atomic mass is 10.2. The van der Waals surface area contributed by atoms with Crippen LogP contribution in [-0.4, -0.2) is 25.7 Å². The molecule has 1 aromatic carbocycles. The molecule has 19 heavy (non-hydrogen) atoms. The number of hydrogen-bond acceptors (Lipinski definition) is 7. The maximum Gasteiger partial charge on any atom is 0.270 e. The van der Waals surface area contributed by atoms with Gasteiger partial charge in [-0.1, -0.05) is 23.5 Å². The Kier molecular flexibility index (Phi) is 3.98. The van der Waals surface area contributed by atoms with E-state index in [9.17, 15) is 8.42 Å². The lowest BCUT2D eigenvalue weighted by molar-refractivity contribution is 0.414. The van der Waals surface area contributed by atoms with Crippen LogP contribution in [-0.2, 0) is 16.6 Å². The van der Waals surface area contributed by atoms with E-state index in [1.807, 2.05) is 0 Å². The van der Waals surface area contributed by atoms with Crippen LogP contribution in [0.3, 0.4) is 0 Å². The molecule has 0 aliphatic heterocycles. The van der Waals surface area contributed by atoms with Gasteiger partial charge in [-0.2, -0.15) is 0 Å². The molecule has 7 nitrogen and oxygen atoms in total. The number of ether oxygens (including phenoxy) is 1. The summed E-state index contributed by atoms with van der Waals surface area (Å²) >= 11 is 0.818. The van der Waals surface area contributed by atoms with Gasteiger partial charge in [0.1, 0.15) is 5.75 Å². The zero-order chi connectivity index (χ0) is 13.9. The minimum absolute atomic E-state index is 0.113. The molecule has 0 saturated heterocycles. The van der Waals surface area contributed by atoms with Crippen molar-refractivity contribution in [2.75, 3.05) is 12.8 Å². The molecule has 0 spiro atoms. The highest BCUT2D eigenvalue weighted by atomic mass is 32.2. The van der Waals surface area contributed by atoms with Gasteiger partial charge in [-0.15, -0.1) is 10.2 Å². The van der Waals surface area contributed by atoms with Crippen LogP contribution < -0.4 is 15.2 Å². The fourth-order valence-electron chi connectivity index (χ4n) is 1.35. The largest absolute Gasteiger partial charge is 0.497 e. The summed E-state index contributed by atoms with van der Waals surface area (Å²) in [4.78, 5) is 0. The molecule has 2 aromatic rings. The minimum Gasteiger partial charge on any atom is -0.497 e. The molecule has 1 aromatic heterocycles. The number of nitrogens with zero attached hydrogens (tertiary/aromatic N) is 2. The predicted molar refractivity (Wildman–Crippen MR) is 71.3 cm³/mol. The van der Waals surface area contributed by atoms with Crippen molar-refractivity contribution >= 4 is 26.5 Å². The molecular formula is C10H12N4O3S2. The second kappa shape index (κ2) is 5.51. The van der Waals surface area contributed by atoms with Crippen LogP contribution in [0.15, 0.2) is 28.6 Å². The van der Waals surface area contributed by atoms with Gasteiger partial charge in [0.15, 0.2) is 0 Å². The highest BCUT2D eigenvalue weighted by Crippen LogP contribution is 2.17. The van der Waals surface area contributed by atoms with Crippen LogP contribution in [0.1, 0.15) is 5.56 Å². The van der Waals surface area contributed by atoms with E-state index >= 15 is 0 Å². The Balaban J connectivity index is 2.09. The van der Waals surface area contributed by atoms with Gasteiger partial charge in [0, 0.05) is 6.54 Å². The molecule has 0 radical (unpaired) electrons. The number of hydrogen-bond donors (Lipinski definition) is 2. The lowest BCUT2D eigenvalue weighted by Gasteiger charge is -2.05. The maximum atomic E-state index is 11.9. The quantitative estimate of drug-likeness (QED) is 0.837. The summed E-state index contributed by atoms with van der Waals surface area (Å²) in [5.74, 6) is 0.664. The first-order chi connectivity index (χ1) is 9.01. The number of nitrogens with two attached hydrogens (primary N) is 1. The number of rotatable bonds is 5. The van der Waals surface area contributed by atoms with E-state index in [1.54, 1.807) is 31.4 Å². The second-order valence-corrected chi connectivity index (χ2v) is 6.53. The topological polar surface area (TPSA) is 107 Å². The van der Waals surface area contributed by atoms with E-state index in [4.69, 9.17) is 10.5 Å². The monoisotopic (exact) mass is 300 g/mol. The second-order valence-electron chi connectivity index (χ2n) is 3.58. The van der Waals surface area contributed by atoms with E-state index in [0.717, 1.165) is 16.9 Å². The Bertz CT molecular complexity index is 669. The molecule has 0 bridgehead atoms. The Labute approximate surface area is 114 Å². The number of methoxy groups -OCH3 is 1. The number of benzene rings is 1. The number of anilines is 1. The summed E-state index contributed by atoms with van der Waals surface area (Å²) in [6.07, 6.45) is 0. The number of nitrogens with one attached hydrogen (secondary N) is 1. The van der Waals surface area contributed by atoms with E-state index in [-0.39, 0.29) is 16.0 Å². The highest BCUT2D eigenvalue weighted by Gasteiger charge is 2.19. The van der Waals surface area contributed by atoms with E-state index in [2.05, 4.69) is 14.9 Å². The van der Waals surface area contributed by atoms with Crippen LogP contribution in [0.2, 0.25) is 0 Å². The van der Waals surface area contributed by atoms with Crippen molar-refractivity contribution in [3.05, 3.63) is 29.8 Å². The molecule has 1 heterocycles. The van der Waals surface area contributed by atoms with E-state index in [0.29, 0.717) is 5.75 Å². The van der Waals surface area contributed by atoms with Crippen LogP contribution in [0, 0.1) is 0 Å². The fraction of sp³-hybridized carbons (Fsp3) is 0.200. The summed E-state index contributed by atoms with van der Waals surface area (Å²) < 4.78 is 31.1. The molecule has 0 aliphatic rings. The maximum absolute atomic E-state index is 11.9. The molecular weight excluding hydrogens is 288 g/mol. The summed E-state index contributed by atoms with van der Waals surface area (Å²) in [7, 11) is -2.13. The summed E-state index contributed by atoms with van der Waals surface area (Å²) in [6.45, 7) is 0.138. The SMILES string of the molecule is COc1cccc(CNS(=O)(=O)c2nnc(N)s2)c1. The Morgan fingerprint density at radius 3 is 2.84 bits per heavy atom. The first kappa shape index (κ1) is 13.7. The normalized spacial score (nSPS) is 11.4. The highest BCUT2D eigenvalue weighted by molar-refractivity contribution is 7.91. The van der Waals surface area contributed by atoms with Gasteiger partial charge in [0.2, 0.25) is 9.47 Å². The molecule has 0 atom stereocenters. The van der Waals surface area contributed by atoms with Crippen molar-refractivity contribution in [3.63, 3.8) is 0 Å². The van der Waals surface area contributed by atoms with Crippen molar-refractivity contribution in [1.29, 1.82) is 0 Å². The Hall–Kier alpha value is -1.71. The standard InChI is InChI=1S/C10H12N4O3S2/c1-17-8-4-2-3-7(5-8)6-12-19(15,16)10-14-13-9(11)18-10/h2-5,12H,6H2,1H3,(H2,11,13). The van der Waals surface area contributed by atoms with Gasteiger partial charge < -0.3 is 10.5 Å². The first-order valence-electron chi connectivity index (χ1n) is 5.23. The van der Waals surface area contributed by atoms with Gasteiger partial charge in [-0.25, -0.2) is 13.1 Å². The first-order valence-corrected chi connectivity index (χ1v) is 7.53. The third-order valence-corrected chi connectivity index (χ3v) is 4.77. The summed E-state index contributed by atoms with van der Waals surface area (Å²) in [6, 6.07) is 7.10. The summed E-state index contributed by atoms with van der Waals surface area (Å²) in [5, 5.41) is 7.09. The van der Waals surface area contributed by atoms with Gasteiger partial charge in [-0.05, 0) is 17.7 Å². The van der Waals surface area contributed by atoms with Crippen molar-refractivity contribution in [2.24, 2.45) is 0 Å². The Morgan fingerprint density at radius 2 is 2.21 bits per heavy atom. The Morgan fingerprint density at radius 1 is 1.42 bits per heavy atom. The molecule has 3 N–H and O–H groups in total. The third kappa shape index (κ3) is 3.40. The zero-order valence-electron chi connectivity index (χ0n) is 10.0. The lowest BCUT2D eigenvalue weighted by Crippen LogP contribution is -2.23. The van der Waals surface area contributed by atoms with Crippen molar-refractivity contribution in [1.82, 2.24) is 14.9 Å². The molecule has 0 amide bonds. The van der Waals surface area contributed by atoms with Gasteiger partial charge in [-0.3, -0.25) is 0 Å². The van der Waals surface area contributed by atoms with Crippen molar-refractivity contribution in [2.45, 2.75) is 10.9 Å². The number of sulfonamides is 1. The fourth-order valence-corrected chi connectivity index (χ4v) is 3.19. The van der Waals surface area contributed by atoms with Gasteiger partial charge in [0.05, 0.1) is 7.11 Å². The molecule has 0 fully saturated rings. The minimum atomic E-state index is -3.68. The van der Waals surface area contributed by atoms with Crippen molar-refractivity contribution < 1.29 is 13.2 Å². The van der Waals surface area contributed by atoms with E-state index < -0.39 is 10.0 Å². The molecule has 2 rings (SSSR count). The molecule has 0 unspecified atom stereocenters. The van der Waals surface area contributed by atoms with Crippen LogP contribution in [0.25, 0.3) is 0 Å². The molecule has 0 aliphatic carbocycles. The van der Waals surface area contributed by atoms with E-state index in [1.165, 1.54) is 0 Å². The van der Waals surface area contributed by atoms with Crippen LogP contribution >= 0.6 is 11.3 Å². The third-order valence-electron chi connectivity index (χ3n) is 2.25. The van der Waals surface area contributed by atoms with Gasteiger partial charge >= 0.3 is 0 Å².